The lowest BCUT2D eigenvalue weighted by molar-refractivity contribution is 0.0692. The molecule has 5 N–H and O–H groups in total. The average Bonchev–Trinajstić information content (AvgIpc) is 2.36. The monoisotopic (exact) mass is 270 g/mol. The van der Waals surface area contributed by atoms with Gasteiger partial charge in [-0.15, -0.1) is 0 Å². The van der Waals surface area contributed by atoms with Crippen LogP contribution in [-0.4, -0.2) is 29.3 Å². The third-order valence-corrected chi connectivity index (χ3v) is 2.77. The predicted octanol–water partition coefficient (Wildman–Crippen LogP) is 2.07. The molecule has 0 saturated carbocycles. The van der Waals surface area contributed by atoms with Gasteiger partial charge in [0, 0.05) is 13.2 Å². The Balaban J connectivity index is 2.50. The number of carboxylic acids is 1. The van der Waals surface area contributed by atoms with Gasteiger partial charge >= 0.3 is 5.97 Å². The molecule has 0 spiro atoms. The lowest BCUT2D eigenvalue weighted by atomic mass is 10.1. The molecular formula is C13H19FN2O3. The summed E-state index contributed by atoms with van der Waals surface area (Å²) in [4.78, 5) is 10.7. The number of aromatic carboxylic acids is 1. The second-order valence-electron chi connectivity index (χ2n) is 4.29. The first-order chi connectivity index (χ1) is 9.06. The van der Waals surface area contributed by atoms with Crippen LogP contribution in [0.15, 0.2) is 12.1 Å². The van der Waals surface area contributed by atoms with Gasteiger partial charge in [0.1, 0.15) is 5.82 Å². The fourth-order valence-electron chi connectivity index (χ4n) is 1.72. The smallest absolute Gasteiger partial charge is 0.338 e. The average molecular weight is 270 g/mol. The van der Waals surface area contributed by atoms with Gasteiger partial charge in [0.05, 0.1) is 16.9 Å². The summed E-state index contributed by atoms with van der Waals surface area (Å²) in [6.07, 6.45) is 3.56. The van der Waals surface area contributed by atoms with E-state index in [0.29, 0.717) is 12.2 Å². The topological polar surface area (TPSA) is 95.6 Å². The van der Waals surface area contributed by atoms with Crippen molar-refractivity contribution in [2.24, 2.45) is 0 Å². The summed E-state index contributed by atoms with van der Waals surface area (Å²) in [6.45, 7) is 0.823. The van der Waals surface area contributed by atoms with Gasteiger partial charge in [0.15, 0.2) is 0 Å². The molecule has 0 aliphatic rings. The molecular weight excluding hydrogens is 251 g/mol. The molecule has 0 heterocycles. The summed E-state index contributed by atoms with van der Waals surface area (Å²) in [5.74, 6) is -2.13. The highest BCUT2D eigenvalue weighted by Crippen LogP contribution is 2.23. The molecule has 0 aliphatic heterocycles. The Hall–Kier alpha value is -1.82. The second-order valence-corrected chi connectivity index (χ2v) is 4.29. The zero-order valence-corrected chi connectivity index (χ0v) is 10.7. The van der Waals surface area contributed by atoms with E-state index in [4.69, 9.17) is 15.9 Å². The minimum Gasteiger partial charge on any atom is -0.478 e. The minimum absolute atomic E-state index is 0.197. The number of rotatable bonds is 8. The number of hydrogen-bond acceptors (Lipinski definition) is 4. The fourth-order valence-corrected chi connectivity index (χ4v) is 1.72. The number of nitrogens with two attached hydrogens (primary N) is 1. The summed E-state index contributed by atoms with van der Waals surface area (Å²) in [5.41, 5.74) is 5.86. The largest absolute Gasteiger partial charge is 0.478 e. The molecule has 1 rings (SSSR count). The molecule has 0 saturated heterocycles. The Labute approximate surface area is 111 Å². The number of carbonyl (C=O) groups is 1. The number of aliphatic hydroxyl groups excluding tert-OH is 1. The Morgan fingerprint density at radius 3 is 2.58 bits per heavy atom. The van der Waals surface area contributed by atoms with Gasteiger partial charge in [-0.3, -0.25) is 0 Å². The standard InChI is InChI=1S/C13H19FN2O3/c14-10-8-12(11(15)7-9(10)13(18)19)16-5-3-1-2-4-6-17/h7-8,16-17H,1-6,15H2,(H,18,19). The second kappa shape index (κ2) is 7.58. The van der Waals surface area contributed by atoms with Gasteiger partial charge < -0.3 is 21.3 Å². The van der Waals surface area contributed by atoms with Crippen molar-refractivity contribution in [3.8, 4) is 0 Å². The number of unbranched alkanes of at least 4 members (excludes halogenated alkanes) is 3. The molecule has 0 aliphatic carbocycles. The molecule has 0 aromatic heterocycles. The van der Waals surface area contributed by atoms with Crippen molar-refractivity contribution in [3.05, 3.63) is 23.5 Å². The van der Waals surface area contributed by atoms with Crippen LogP contribution >= 0.6 is 0 Å². The van der Waals surface area contributed by atoms with E-state index in [1.165, 1.54) is 0 Å². The number of anilines is 2. The van der Waals surface area contributed by atoms with Gasteiger partial charge in [0.2, 0.25) is 0 Å². The van der Waals surface area contributed by atoms with Crippen LogP contribution in [-0.2, 0) is 0 Å². The van der Waals surface area contributed by atoms with E-state index in [-0.39, 0.29) is 12.3 Å². The van der Waals surface area contributed by atoms with E-state index >= 15 is 0 Å². The number of nitrogen functional groups attached to an aromatic ring is 1. The van der Waals surface area contributed by atoms with Gasteiger partial charge in [-0.05, 0) is 25.0 Å². The molecule has 0 radical (unpaired) electrons. The molecule has 0 unspecified atom stereocenters. The molecule has 106 valence electrons. The molecule has 1 aromatic carbocycles. The number of nitrogens with one attached hydrogen (secondary N) is 1. The quantitative estimate of drug-likeness (QED) is 0.428. The van der Waals surface area contributed by atoms with Crippen LogP contribution < -0.4 is 11.1 Å². The lowest BCUT2D eigenvalue weighted by Gasteiger charge is -2.10. The zero-order valence-electron chi connectivity index (χ0n) is 10.7. The molecule has 0 atom stereocenters. The zero-order chi connectivity index (χ0) is 14.3. The van der Waals surface area contributed by atoms with Crippen molar-refractivity contribution in [3.63, 3.8) is 0 Å². The maximum atomic E-state index is 13.5. The van der Waals surface area contributed by atoms with Crippen LogP contribution in [0.5, 0.6) is 0 Å². The van der Waals surface area contributed by atoms with E-state index < -0.39 is 17.3 Å². The maximum Gasteiger partial charge on any atom is 0.338 e. The highest BCUT2D eigenvalue weighted by Gasteiger charge is 2.13. The maximum absolute atomic E-state index is 13.5. The molecule has 0 bridgehead atoms. The number of aliphatic hydroxyl groups is 1. The van der Waals surface area contributed by atoms with Crippen molar-refractivity contribution in [2.45, 2.75) is 25.7 Å². The lowest BCUT2D eigenvalue weighted by Crippen LogP contribution is -2.08. The number of hydrogen-bond donors (Lipinski definition) is 4. The van der Waals surface area contributed by atoms with Gasteiger partial charge in [-0.25, -0.2) is 9.18 Å². The number of carboxylic acid groups (broad SMARTS) is 1. The Kier molecular flexibility index (Phi) is 6.08. The first-order valence-corrected chi connectivity index (χ1v) is 6.23. The van der Waals surface area contributed by atoms with E-state index in [9.17, 15) is 9.18 Å². The Bertz CT molecular complexity index is 438. The first kappa shape index (κ1) is 15.2. The molecule has 0 amide bonds. The van der Waals surface area contributed by atoms with Crippen molar-refractivity contribution in [1.29, 1.82) is 0 Å². The van der Waals surface area contributed by atoms with Crippen molar-refractivity contribution in [2.75, 3.05) is 24.2 Å². The summed E-state index contributed by atoms with van der Waals surface area (Å²) >= 11 is 0. The van der Waals surface area contributed by atoms with Crippen LogP contribution in [0.2, 0.25) is 0 Å². The van der Waals surface area contributed by atoms with Crippen molar-refractivity contribution in [1.82, 2.24) is 0 Å². The van der Waals surface area contributed by atoms with Crippen LogP contribution in [0, 0.1) is 5.82 Å². The van der Waals surface area contributed by atoms with Crippen LogP contribution in [0.25, 0.3) is 0 Å². The van der Waals surface area contributed by atoms with Gasteiger partial charge in [-0.2, -0.15) is 0 Å². The van der Waals surface area contributed by atoms with E-state index in [0.717, 1.165) is 37.8 Å². The first-order valence-electron chi connectivity index (χ1n) is 6.23. The third-order valence-electron chi connectivity index (χ3n) is 2.77. The Morgan fingerprint density at radius 2 is 1.95 bits per heavy atom. The molecule has 0 fully saturated rings. The summed E-state index contributed by atoms with van der Waals surface area (Å²) in [6, 6.07) is 2.22. The number of halogens is 1. The normalized spacial score (nSPS) is 10.4. The summed E-state index contributed by atoms with van der Waals surface area (Å²) < 4.78 is 13.5. The molecule has 5 nitrogen and oxygen atoms in total. The molecule has 19 heavy (non-hydrogen) atoms. The number of benzene rings is 1. The van der Waals surface area contributed by atoms with Gasteiger partial charge in [0.25, 0.3) is 0 Å². The van der Waals surface area contributed by atoms with E-state index in [1.807, 2.05) is 0 Å². The minimum atomic E-state index is -1.33. The Morgan fingerprint density at radius 1 is 1.26 bits per heavy atom. The predicted molar refractivity (Wildman–Crippen MR) is 71.8 cm³/mol. The van der Waals surface area contributed by atoms with E-state index in [1.54, 1.807) is 0 Å². The fraction of sp³-hybridized carbons (Fsp3) is 0.462. The van der Waals surface area contributed by atoms with Crippen LogP contribution in [0.3, 0.4) is 0 Å². The van der Waals surface area contributed by atoms with E-state index in [2.05, 4.69) is 5.32 Å². The van der Waals surface area contributed by atoms with Crippen LogP contribution in [0.4, 0.5) is 15.8 Å². The summed E-state index contributed by atoms with van der Waals surface area (Å²) in [5, 5.41) is 20.3. The van der Waals surface area contributed by atoms with Crippen molar-refractivity contribution < 1.29 is 19.4 Å². The van der Waals surface area contributed by atoms with Gasteiger partial charge in [-0.1, -0.05) is 12.8 Å². The SMILES string of the molecule is Nc1cc(C(=O)O)c(F)cc1NCCCCCCO. The molecule has 6 heteroatoms. The highest BCUT2D eigenvalue weighted by atomic mass is 19.1. The highest BCUT2D eigenvalue weighted by molar-refractivity contribution is 5.90. The van der Waals surface area contributed by atoms with Crippen molar-refractivity contribution >= 4 is 17.3 Å². The molecule has 1 aromatic rings. The van der Waals surface area contributed by atoms with Crippen LogP contribution in [0.1, 0.15) is 36.0 Å². The summed E-state index contributed by atoms with van der Waals surface area (Å²) in [7, 11) is 0. The third kappa shape index (κ3) is 4.75.